The van der Waals surface area contributed by atoms with E-state index in [1.54, 1.807) is 0 Å². The summed E-state index contributed by atoms with van der Waals surface area (Å²) in [6, 6.07) is 0.233. The van der Waals surface area contributed by atoms with Crippen molar-refractivity contribution < 1.29 is 17.9 Å². The number of ether oxygens (including phenoxy) is 1. The first kappa shape index (κ1) is 13.1. The fourth-order valence-corrected chi connectivity index (χ4v) is 2.89. The highest BCUT2D eigenvalue weighted by Crippen LogP contribution is 2.37. The van der Waals surface area contributed by atoms with Gasteiger partial charge in [0.2, 0.25) is 0 Å². The Kier molecular flexibility index (Phi) is 3.98. The molecule has 0 aromatic heterocycles. The minimum Gasteiger partial charge on any atom is -0.377 e. The van der Waals surface area contributed by atoms with E-state index in [1.165, 1.54) is 0 Å². The number of hydrogen-bond donors (Lipinski definition) is 1. The molecule has 5 heteroatoms. The van der Waals surface area contributed by atoms with Gasteiger partial charge in [0.05, 0.1) is 12.0 Å². The molecule has 4 unspecified atom stereocenters. The second-order valence-corrected chi connectivity index (χ2v) is 5.24. The number of rotatable bonds is 2. The SMILES string of the molecule is CC1OCCC1NC1CCCC(C(F)(F)F)C1. The number of halogens is 3. The van der Waals surface area contributed by atoms with Gasteiger partial charge in [0.1, 0.15) is 0 Å². The summed E-state index contributed by atoms with van der Waals surface area (Å²) in [6.45, 7) is 2.70. The average Bonchev–Trinajstić information content (AvgIpc) is 2.64. The quantitative estimate of drug-likeness (QED) is 0.814. The monoisotopic (exact) mass is 251 g/mol. The van der Waals surface area contributed by atoms with Gasteiger partial charge in [0.15, 0.2) is 0 Å². The molecule has 1 N–H and O–H groups in total. The highest BCUT2D eigenvalue weighted by Gasteiger charge is 2.42. The van der Waals surface area contributed by atoms with Crippen molar-refractivity contribution in [2.75, 3.05) is 6.61 Å². The molecule has 1 heterocycles. The Morgan fingerprint density at radius 2 is 1.94 bits per heavy atom. The van der Waals surface area contributed by atoms with E-state index in [1.807, 2.05) is 6.92 Å². The van der Waals surface area contributed by atoms with Gasteiger partial charge < -0.3 is 10.1 Å². The first-order valence-electron chi connectivity index (χ1n) is 6.41. The topological polar surface area (TPSA) is 21.3 Å². The molecule has 17 heavy (non-hydrogen) atoms. The van der Waals surface area contributed by atoms with Crippen LogP contribution in [0.4, 0.5) is 13.2 Å². The van der Waals surface area contributed by atoms with Crippen LogP contribution in [0.2, 0.25) is 0 Å². The molecule has 1 saturated carbocycles. The average molecular weight is 251 g/mol. The second-order valence-electron chi connectivity index (χ2n) is 5.24. The predicted octanol–water partition coefficient (Wildman–Crippen LogP) is 2.87. The predicted molar refractivity (Wildman–Crippen MR) is 58.8 cm³/mol. The molecule has 2 nitrogen and oxygen atoms in total. The van der Waals surface area contributed by atoms with Crippen LogP contribution in [-0.4, -0.2) is 31.0 Å². The highest BCUT2D eigenvalue weighted by atomic mass is 19.4. The molecule has 0 radical (unpaired) electrons. The van der Waals surface area contributed by atoms with Gasteiger partial charge in [-0.15, -0.1) is 0 Å². The molecule has 0 amide bonds. The van der Waals surface area contributed by atoms with E-state index in [4.69, 9.17) is 4.74 Å². The Balaban J connectivity index is 1.85. The van der Waals surface area contributed by atoms with Gasteiger partial charge in [-0.1, -0.05) is 6.42 Å². The maximum atomic E-state index is 12.7. The van der Waals surface area contributed by atoms with Crippen LogP contribution in [0.3, 0.4) is 0 Å². The Bertz CT molecular complexity index is 255. The van der Waals surface area contributed by atoms with Gasteiger partial charge in [-0.25, -0.2) is 0 Å². The van der Waals surface area contributed by atoms with E-state index in [0.717, 1.165) is 12.8 Å². The summed E-state index contributed by atoms with van der Waals surface area (Å²) in [4.78, 5) is 0. The zero-order chi connectivity index (χ0) is 12.5. The van der Waals surface area contributed by atoms with Gasteiger partial charge >= 0.3 is 6.18 Å². The standard InChI is InChI=1S/C12H20F3NO/c1-8-11(5-6-17-8)16-10-4-2-3-9(7-10)12(13,14)15/h8-11,16H,2-7H2,1H3. The minimum atomic E-state index is -4.03. The minimum absolute atomic E-state index is 0.00419. The van der Waals surface area contributed by atoms with Crippen LogP contribution in [0.25, 0.3) is 0 Å². The molecular formula is C12H20F3NO. The third-order valence-electron chi connectivity index (χ3n) is 3.96. The summed E-state index contributed by atoms with van der Waals surface area (Å²) in [7, 11) is 0. The van der Waals surface area contributed by atoms with E-state index in [0.29, 0.717) is 19.4 Å². The van der Waals surface area contributed by atoms with Crippen molar-refractivity contribution in [1.29, 1.82) is 0 Å². The molecule has 2 aliphatic rings. The van der Waals surface area contributed by atoms with Crippen molar-refractivity contribution in [3.63, 3.8) is 0 Å². The lowest BCUT2D eigenvalue weighted by Gasteiger charge is -2.33. The van der Waals surface area contributed by atoms with Crippen LogP contribution < -0.4 is 5.32 Å². The summed E-state index contributed by atoms with van der Waals surface area (Å²) in [6.07, 6.45) is -0.946. The molecule has 4 atom stereocenters. The summed E-state index contributed by atoms with van der Waals surface area (Å²) < 4.78 is 43.4. The normalized spacial score (nSPS) is 39.5. The Morgan fingerprint density at radius 1 is 1.18 bits per heavy atom. The smallest absolute Gasteiger partial charge is 0.377 e. The summed E-state index contributed by atoms with van der Waals surface area (Å²) in [5.41, 5.74) is 0. The van der Waals surface area contributed by atoms with Crippen molar-refractivity contribution in [2.45, 2.75) is 63.4 Å². The van der Waals surface area contributed by atoms with E-state index in [9.17, 15) is 13.2 Å². The third kappa shape index (κ3) is 3.35. The van der Waals surface area contributed by atoms with Crippen LogP contribution in [0.5, 0.6) is 0 Å². The van der Waals surface area contributed by atoms with Crippen LogP contribution in [-0.2, 0) is 4.74 Å². The molecule has 0 bridgehead atoms. The molecular weight excluding hydrogens is 231 g/mol. The lowest BCUT2D eigenvalue weighted by Crippen LogP contribution is -2.45. The third-order valence-corrected chi connectivity index (χ3v) is 3.96. The van der Waals surface area contributed by atoms with Crippen molar-refractivity contribution in [3.8, 4) is 0 Å². The summed E-state index contributed by atoms with van der Waals surface area (Å²) >= 11 is 0. The van der Waals surface area contributed by atoms with Gasteiger partial charge in [0, 0.05) is 18.7 Å². The Labute approximate surface area is 99.9 Å². The van der Waals surface area contributed by atoms with Gasteiger partial charge in [-0.2, -0.15) is 13.2 Å². The largest absolute Gasteiger partial charge is 0.391 e. The number of hydrogen-bond acceptors (Lipinski definition) is 2. The first-order chi connectivity index (χ1) is 7.97. The zero-order valence-corrected chi connectivity index (χ0v) is 10.1. The highest BCUT2D eigenvalue weighted by molar-refractivity contribution is 4.87. The Hall–Kier alpha value is -0.290. The number of nitrogens with one attached hydrogen (secondary N) is 1. The van der Waals surface area contributed by atoms with E-state index in [2.05, 4.69) is 5.32 Å². The molecule has 0 aromatic carbocycles. The molecule has 0 aromatic rings. The summed E-state index contributed by atoms with van der Waals surface area (Å²) in [5, 5.41) is 3.34. The van der Waals surface area contributed by atoms with Gasteiger partial charge in [0.25, 0.3) is 0 Å². The summed E-state index contributed by atoms with van der Waals surface area (Å²) in [5.74, 6) is -1.12. The van der Waals surface area contributed by atoms with E-state index < -0.39 is 12.1 Å². The maximum absolute atomic E-state index is 12.7. The zero-order valence-electron chi connectivity index (χ0n) is 10.1. The van der Waals surface area contributed by atoms with Gasteiger partial charge in [-0.3, -0.25) is 0 Å². The van der Waals surface area contributed by atoms with Crippen molar-refractivity contribution in [1.82, 2.24) is 5.32 Å². The van der Waals surface area contributed by atoms with Crippen molar-refractivity contribution in [2.24, 2.45) is 5.92 Å². The Morgan fingerprint density at radius 3 is 2.53 bits per heavy atom. The van der Waals surface area contributed by atoms with E-state index in [-0.39, 0.29) is 24.6 Å². The molecule has 2 fully saturated rings. The van der Waals surface area contributed by atoms with Crippen LogP contribution >= 0.6 is 0 Å². The molecule has 2 rings (SSSR count). The van der Waals surface area contributed by atoms with Crippen molar-refractivity contribution in [3.05, 3.63) is 0 Å². The van der Waals surface area contributed by atoms with Crippen molar-refractivity contribution >= 4 is 0 Å². The van der Waals surface area contributed by atoms with Crippen LogP contribution in [0.15, 0.2) is 0 Å². The lowest BCUT2D eigenvalue weighted by atomic mass is 9.84. The molecule has 1 saturated heterocycles. The van der Waals surface area contributed by atoms with E-state index >= 15 is 0 Å². The molecule has 100 valence electrons. The second kappa shape index (κ2) is 5.14. The molecule has 0 spiro atoms. The lowest BCUT2D eigenvalue weighted by molar-refractivity contribution is -0.183. The van der Waals surface area contributed by atoms with Crippen LogP contribution in [0, 0.1) is 5.92 Å². The molecule has 1 aliphatic carbocycles. The molecule has 1 aliphatic heterocycles. The maximum Gasteiger partial charge on any atom is 0.391 e. The van der Waals surface area contributed by atoms with Gasteiger partial charge in [-0.05, 0) is 32.6 Å². The first-order valence-corrected chi connectivity index (χ1v) is 6.41. The fourth-order valence-electron chi connectivity index (χ4n) is 2.89. The fraction of sp³-hybridized carbons (Fsp3) is 1.00. The van der Waals surface area contributed by atoms with Crippen LogP contribution in [0.1, 0.15) is 39.0 Å². The number of alkyl halides is 3.